The Bertz CT molecular complexity index is 1020. The summed E-state index contributed by atoms with van der Waals surface area (Å²) in [7, 11) is -0.903. The third kappa shape index (κ3) is 3.58. The van der Waals surface area contributed by atoms with Crippen molar-refractivity contribution in [2.24, 2.45) is 0 Å². The number of ketones is 1. The lowest BCUT2D eigenvalue weighted by molar-refractivity contribution is 0.0991. The lowest BCUT2D eigenvalue weighted by Crippen LogP contribution is -2.16. The molecule has 150 valence electrons. The molecule has 0 aromatic heterocycles. The third-order valence-corrected chi connectivity index (χ3v) is 6.31. The van der Waals surface area contributed by atoms with E-state index in [0.29, 0.717) is 41.2 Å². The van der Waals surface area contributed by atoms with Crippen molar-refractivity contribution in [1.82, 2.24) is 0 Å². The fourth-order valence-corrected chi connectivity index (χ4v) is 4.46. The summed E-state index contributed by atoms with van der Waals surface area (Å²) < 4.78 is 39.1. The molecule has 3 rings (SSSR count). The van der Waals surface area contributed by atoms with E-state index in [0.717, 1.165) is 5.56 Å². The predicted octanol–water partition coefficient (Wildman–Crippen LogP) is 3.93. The zero-order valence-corrected chi connectivity index (χ0v) is 17.6. The number of hydrogen-bond acceptors (Lipinski definition) is 5. The molecule has 6 nitrogen and oxygen atoms in total. The van der Waals surface area contributed by atoms with Crippen LogP contribution in [-0.2, 0) is 21.9 Å². The second-order valence-corrected chi connectivity index (χ2v) is 9.50. The first-order chi connectivity index (χ1) is 13.1. The number of hydrogen-bond donors (Lipinski definition) is 1. The van der Waals surface area contributed by atoms with Crippen molar-refractivity contribution in [1.29, 1.82) is 0 Å². The number of fused-ring (bicyclic) bond motifs is 1. The van der Waals surface area contributed by atoms with Gasteiger partial charge in [0, 0.05) is 12.5 Å². The highest BCUT2D eigenvalue weighted by molar-refractivity contribution is 7.92. The van der Waals surface area contributed by atoms with Crippen molar-refractivity contribution >= 4 is 21.5 Å². The van der Waals surface area contributed by atoms with Crippen LogP contribution in [0.5, 0.6) is 11.5 Å². The Balaban J connectivity index is 2.03. The van der Waals surface area contributed by atoms with Crippen molar-refractivity contribution in [2.45, 2.75) is 43.9 Å². The number of sulfonamides is 1. The molecule has 1 aliphatic rings. The number of carbonyl (C=O) groups excluding carboxylic acids is 1. The van der Waals surface area contributed by atoms with E-state index in [1.165, 1.54) is 14.2 Å². The molecule has 0 saturated carbocycles. The molecule has 0 atom stereocenters. The van der Waals surface area contributed by atoms with Gasteiger partial charge in [0.25, 0.3) is 10.0 Å². The van der Waals surface area contributed by atoms with Gasteiger partial charge in [0.05, 0.1) is 30.4 Å². The predicted molar refractivity (Wildman–Crippen MR) is 108 cm³/mol. The highest BCUT2D eigenvalue weighted by Gasteiger charge is 2.31. The van der Waals surface area contributed by atoms with E-state index >= 15 is 0 Å². The number of benzene rings is 2. The van der Waals surface area contributed by atoms with E-state index in [4.69, 9.17) is 9.47 Å². The zero-order valence-electron chi connectivity index (χ0n) is 16.8. The van der Waals surface area contributed by atoms with Crippen molar-refractivity contribution in [2.75, 3.05) is 18.9 Å². The van der Waals surface area contributed by atoms with Crippen LogP contribution in [0.3, 0.4) is 0 Å². The quantitative estimate of drug-likeness (QED) is 0.818. The average molecular weight is 404 g/mol. The summed E-state index contributed by atoms with van der Waals surface area (Å²) in [5.74, 6) is 0.579. The topological polar surface area (TPSA) is 81.7 Å². The Morgan fingerprint density at radius 2 is 1.64 bits per heavy atom. The molecule has 1 aliphatic carbocycles. The zero-order chi connectivity index (χ0) is 20.7. The lowest BCUT2D eigenvalue weighted by atomic mass is 9.87. The smallest absolute Gasteiger partial charge is 0.261 e. The maximum absolute atomic E-state index is 12.9. The largest absolute Gasteiger partial charge is 0.493 e. The molecule has 0 heterocycles. The second kappa shape index (κ2) is 7.13. The highest BCUT2D eigenvalue weighted by Crippen LogP contribution is 2.43. The Morgan fingerprint density at radius 1 is 1.00 bits per heavy atom. The van der Waals surface area contributed by atoms with Gasteiger partial charge in [-0.15, -0.1) is 0 Å². The highest BCUT2D eigenvalue weighted by atomic mass is 32.2. The Kier molecular flexibility index (Phi) is 5.14. The third-order valence-electron chi connectivity index (χ3n) is 4.93. The first-order valence-corrected chi connectivity index (χ1v) is 10.5. The Labute approximate surface area is 165 Å². The van der Waals surface area contributed by atoms with Gasteiger partial charge in [0.15, 0.2) is 17.3 Å². The number of carbonyl (C=O) groups is 1. The molecule has 1 N–H and O–H groups in total. The minimum Gasteiger partial charge on any atom is -0.493 e. The SMILES string of the molecule is COc1cc(NS(=O)(=O)c2ccc(C(C)(C)C)cc2)c2c(c1OC)C(=O)CC2. The van der Waals surface area contributed by atoms with Crippen LogP contribution in [0, 0.1) is 0 Å². The molecule has 0 aliphatic heterocycles. The molecule has 7 heteroatoms. The summed E-state index contributed by atoms with van der Waals surface area (Å²) in [4.78, 5) is 12.5. The maximum atomic E-state index is 12.9. The number of rotatable bonds is 5. The molecule has 2 aromatic rings. The van der Waals surface area contributed by atoms with Gasteiger partial charge < -0.3 is 9.47 Å². The monoisotopic (exact) mass is 403 g/mol. The molecule has 0 saturated heterocycles. The molecule has 0 amide bonds. The first kappa shape index (κ1) is 20.2. The van der Waals surface area contributed by atoms with Gasteiger partial charge in [-0.3, -0.25) is 9.52 Å². The molecule has 0 radical (unpaired) electrons. The normalized spacial score (nSPS) is 14.0. The molecule has 2 aromatic carbocycles. The Hall–Kier alpha value is -2.54. The maximum Gasteiger partial charge on any atom is 0.261 e. The van der Waals surface area contributed by atoms with Gasteiger partial charge >= 0.3 is 0 Å². The van der Waals surface area contributed by atoms with E-state index in [-0.39, 0.29) is 16.1 Å². The average Bonchev–Trinajstić information content (AvgIpc) is 3.03. The van der Waals surface area contributed by atoms with E-state index in [1.54, 1.807) is 18.2 Å². The van der Waals surface area contributed by atoms with Gasteiger partial charge in [-0.05, 0) is 35.1 Å². The molecule has 0 bridgehead atoms. The van der Waals surface area contributed by atoms with Crippen molar-refractivity contribution in [3.05, 3.63) is 47.0 Å². The number of nitrogens with one attached hydrogen (secondary N) is 1. The number of Topliss-reactive ketones (excluding diaryl/α,β-unsaturated/α-hetero) is 1. The molecule has 0 unspecified atom stereocenters. The van der Waals surface area contributed by atoms with Crippen LogP contribution >= 0.6 is 0 Å². The summed E-state index contributed by atoms with van der Waals surface area (Å²) in [6.45, 7) is 6.20. The van der Waals surface area contributed by atoms with Gasteiger partial charge in [-0.2, -0.15) is 0 Å². The van der Waals surface area contributed by atoms with Crippen LogP contribution in [-0.4, -0.2) is 28.4 Å². The van der Waals surface area contributed by atoms with E-state index in [9.17, 15) is 13.2 Å². The van der Waals surface area contributed by atoms with Crippen LogP contribution in [0.1, 0.15) is 48.7 Å². The van der Waals surface area contributed by atoms with Crippen molar-refractivity contribution < 1.29 is 22.7 Å². The van der Waals surface area contributed by atoms with Crippen LogP contribution < -0.4 is 14.2 Å². The Morgan fingerprint density at radius 3 is 2.18 bits per heavy atom. The summed E-state index contributed by atoms with van der Waals surface area (Å²) in [5.41, 5.74) is 2.35. The lowest BCUT2D eigenvalue weighted by Gasteiger charge is -2.20. The van der Waals surface area contributed by atoms with E-state index in [2.05, 4.69) is 25.5 Å². The molecular formula is C21H25NO5S. The fourth-order valence-electron chi connectivity index (χ4n) is 3.38. The van der Waals surface area contributed by atoms with Crippen LogP contribution in [0.15, 0.2) is 35.2 Å². The van der Waals surface area contributed by atoms with Crippen molar-refractivity contribution in [3.63, 3.8) is 0 Å². The van der Waals surface area contributed by atoms with Crippen molar-refractivity contribution in [3.8, 4) is 11.5 Å². The minimum atomic E-state index is -3.82. The van der Waals surface area contributed by atoms with Gasteiger partial charge in [0.2, 0.25) is 0 Å². The van der Waals surface area contributed by atoms with E-state index in [1.807, 2.05) is 12.1 Å². The standard InChI is InChI=1S/C21H25NO5S/c1-21(2,3)13-6-8-14(9-7-13)28(24,25)22-16-12-18(26-4)20(27-5)19-15(16)10-11-17(19)23/h6-9,12,22H,10-11H2,1-5H3. The number of anilines is 1. The second-order valence-electron chi connectivity index (χ2n) is 7.82. The summed E-state index contributed by atoms with van der Waals surface area (Å²) >= 11 is 0. The first-order valence-electron chi connectivity index (χ1n) is 9.03. The fraction of sp³-hybridized carbons (Fsp3) is 0.381. The van der Waals surface area contributed by atoms with Crippen LogP contribution in [0.25, 0.3) is 0 Å². The number of methoxy groups -OCH3 is 2. The van der Waals surface area contributed by atoms with Gasteiger partial charge in [-0.25, -0.2) is 8.42 Å². The summed E-state index contributed by atoms with van der Waals surface area (Å²) in [6.07, 6.45) is 0.767. The summed E-state index contributed by atoms with van der Waals surface area (Å²) in [5, 5.41) is 0. The van der Waals surface area contributed by atoms with Crippen LogP contribution in [0.2, 0.25) is 0 Å². The molecule has 28 heavy (non-hydrogen) atoms. The van der Waals surface area contributed by atoms with E-state index < -0.39 is 10.0 Å². The number of ether oxygens (including phenoxy) is 2. The minimum absolute atomic E-state index is 0.0692. The van der Waals surface area contributed by atoms with Gasteiger partial charge in [-0.1, -0.05) is 32.9 Å². The van der Waals surface area contributed by atoms with Gasteiger partial charge in [0.1, 0.15) is 0 Å². The summed E-state index contributed by atoms with van der Waals surface area (Å²) in [6, 6.07) is 8.38. The molecule has 0 fully saturated rings. The molecular weight excluding hydrogens is 378 g/mol. The molecule has 0 spiro atoms. The van der Waals surface area contributed by atoms with Crippen LogP contribution in [0.4, 0.5) is 5.69 Å².